The normalized spacial score (nSPS) is 14.6. The maximum absolute atomic E-state index is 12.9. The highest BCUT2D eigenvalue weighted by Gasteiger charge is 2.34. The number of benzene rings is 2. The molecule has 0 atom stereocenters. The van der Waals surface area contributed by atoms with Crippen LogP contribution >= 0.6 is 23.4 Å². The average molecular weight is 462 g/mol. The Morgan fingerprint density at radius 2 is 1.97 bits per heavy atom. The quantitative estimate of drug-likeness (QED) is 0.422. The third kappa shape index (κ3) is 5.51. The molecule has 0 saturated carbocycles. The standard InChI is InChI=1S/C22H17ClFNO5S/c1-3-9-30-20-17(23)11-14(12-18(20)28-2)13-19-21(26)25(22(27)31-19)8-10-29-16-6-4-15(24)5-7-16/h1,4-7,11-13H,8-10H2,2H3/b19-13-. The second-order valence-corrected chi connectivity index (χ2v) is 7.56. The first-order valence-electron chi connectivity index (χ1n) is 9.00. The predicted octanol–water partition coefficient (Wildman–Crippen LogP) is 4.62. The van der Waals surface area contributed by atoms with Gasteiger partial charge in [0.15, 0.2) is 11.5 Å². The van der Waals surface area contributed by atoms with Gasteiger partial charge in [0.05, 0.1) is 23.6 Å². The summed E-state index contributed by atoms with van der Waals surface area (Å²) in [6.07, 6.45) is 6.75. The minimum absolute atomic E-state index is 0.0221. The van der Waals surface area contributed by atoms with Crippen LogP contribution < -0.4 is 14.2 Å². The lowest BCUT2D eigenvalue weighted by Gasteiger charge is -2.13. The summed E-state index contributed by atoms with van der Waals surface area (Å²) in [5.74, 6) is 2.61. The average Bonchev–Trinajstić information content (AvgIpc) is 3.01. The number of thioether (sulfide) groups is 1. The molecule has 0 unspecified atom stereocenters. The summed E-state index contributed by atoms with van der Waals surface area (Å²) in [5, 5.41) is -0.154. The van der Waals surface area contributed by atoms with Crippen molar-refractivity contribution in [2.45, 2.75) is 0 Å². The van der Waals surface area contributed by atoms with Crippen LogP contribution in [0, 0.1) is 18.2 Å². The van der Waals surface area contributed by atoms with Gasteiger partial charge in [-0.15, -0.1) is 6.42 Å². The van der Waals surface area contributed by atoms with Gasteiger partial charge in [0.1, 0.15) is 24.8 Å². The van der Waals surface area contributed by atoms with E-state index in [4.69, 9.17) is 32.2 Å². The second-order valence-electron chi connectivity index (χ2n) is 6.16. The van der Waals surface area contributed by atoms with Crippen molar-refractivity contribution in [1.29, 1.82) is 0 Å². The molecule has 9 heteroatoms. The molecule has 3 rings (SSSR count). The first-order valence-corrected chi connectivity index (χ1v) is 10.2. The van der Waals surface area contributed by atoms with Crippen LogP contribution in [0.3, 0.4) is 0 Å². The summed E-state index contributed by atoms with van der Waals surface area (Å²) in [7, 11) is 1.45. The smallest absolute Gasteiger partial charge is 0.293 e. The van der Waals surface area contributed by atoms with E-state index in [1.807, 2.05) is 0 Å². The zero-order valence-electron chi connectivity index (χ0n) is 16.4. The summed E-state index contributed by atoms with van der Waals surface area (Å²) >= 11 is 7.07. The number of carbonyl (C=O) groups excluding carboxylic acids is 2. The molecule has 1 aliphatic rings. The fourth-order valence-corrected chi connectivity index (χ4v) is 3.85. The summed E-state index contributed by atoms with van der Waals surface area (Å²) in [6.45, 7) is 0.161. The van der Waals surface area contributed by atoms with E-state index in [-0.39, 0.29) is 35.5 Å². The van der Waals surface area contributed by atoms with Gasteiger partial charge in [-0.25, -0.2) is 4.39 Å². The van der Waals surface area contributed by atoms with Gasteiger partial charge in [-0.1, -0.05) is 17.5 Å². The molecule has 0 bridgehead atoms. The Labute approximate surface area is 187 Å². The molecule has 0 spiro atoms. The Morgan fingerprint density at radius 1 is 1.23 bits per heavy atom. The summed E-state index contributed by atoms with van der Waals surface area (Å²) in [4.78, 5) is 26.2. The maximum Gasteiger partial charge on any atom is 0.293 e. The predicted molar refractivity (Wildman–Crippen MR) is 117 cm³/mol. The van der Waals surface area contributed by atoms with Crippen LogP contribution in [0.5, 0.6) is 17.2 Å². The van der Waals surface area contributed by atoms with E-state index in [1.165, 1.54) is 31.4 Å². The van der Waals surface area contributed by atoms with Crippen LogP contribution in [0.2, 0.25) is 5.02 Å². The van der Waals surface area contributed by atoms with E-state index in [1.54, 1.807) is 18.2 Å². The van der Waals surface area contributed by atoms with Gasteiger partial charge in [0, 0.05) is 0 Å². The number of rotatable bonds is 8. The van der Waals surface area contributed by atoms with Crippen LogP contribution in [0.15, 0.2) is 41.3 Å². The molecule has 0 aliphatic carbocycles. The van der Waals surface area contributed by atoms with Gasteiger partial charge >= 0.3 is 0 Å². The van der Waals surface area contributed by atoms with Gasteiger partial charge in [0.25, 0.3) is 11.1 Å². The molecule has 0 aromatic heterocycles. The monoisotopic (exact) mass is 461 g/mol. The molecule has 0 N–H and O–H groups in total. The zero-order valence-corrected chi connectivity index (χ0v) is 18.0. The third-order valence-corrected chi connectivity index (χ3v) is 5.31. The molecule has 2 amide bonds. The first-order chi connectivity index (χ1) is 14.9. The van der Waals surface area contributed by atoms with Crippen LogP contribution in [-0.4, -0.2) is 42.9 Å². The number of terminal acetylenes is 1. The van der Waals surface area contributed by atoms with Crippen LogP contribution in [0.1, 0.15) is 5.56 Å². The molecule has 1 heterocycles. The van der Waals surface area contributed by atoms with Gasteiger partial charge in [-0.05, 0) is 59.8 Å². The molecule has 0 radical (unpaired) electrons. The fourth-order valence-electron chi connectivity index (χ4n) is 2.71. The molecule has 160 valence electrons. The number of hydrogen-bond donors (Lipinski definition) is 0. The number of hydrogen-bond acceptors (Lipinski definition) is 6. The van der Waals surface area contributed by atoms with Gasteiger partial charge in [-0.3, -0.25) is 14.5 Å². The number of ether oxygens (including phenoxy) is 3. The highest BCUT2D eigenvalue weighted by atomic mass is 35.5. The van der Waals surface area contributed by atoms with Gasteiger partial charge < -0.3 is 14.2 Å². The third-order valence-electron chi connectivity index (χ3n) is 4.12. The van der Waals surface area contributed by atoms with Crippen LogP contribution in [0.4, 0.5) is 9.18 Å². The number of methoxy groups -OCH3 is 1. The Balaban J connectivity index is 1.70. The van der Waals surface area contributed by atoms with E-state index in [0.717, 1.165) is 16.7 Å². The topological polar surface area (TPSA) is 65.1 Å². The van der Waals surface area contributed by atoms with Crippen molar-refractivity contribution >= 4 is 40.6 Å². The first kappa shape index (κ1) is 22.5. The largest absolute Gasteiger partial charge is 0.493 e. The summed E-state index contributed by atoms with van der Waals surface area (Å²) < 4.78 is 29.1. The van der Waals surface area contributed by atoms with Crippen LogP contribution in [0.25, 0.3) is 6.08 Å². The fraction of sp³-hybridized carbons (Fsp3) is 0.182. The lowest BCUT2D eigenvalue weighted by molar-refractivity contribution is -0.123. The number of imide groups is 1. The van der Waals surface area contributed by atoms with Gasteiger partial charge in [0.2, 0.25) is 0 Å². The van der Waals surface area contributed by atoms with Crippen molar-refractivity contribution in [1.82, 2.24) is 4.90 Å². The van der Waals surface area contributed by atoms with Crippen molar-refractivity contribution < 1.29 is 28.2 Å². The number of carbonyl (C=O) groups is 2. The van der Waals surface area contributed by atoms with Crippen molar-refractivity contribution in [3.05, 3.63) is 57.7 Å². The lowest BCUT2D eigenvalue weighted by Crippen LogP contribution is -2.32. The lowest BCUT2D eigenvalue weighted by atomic mass is 10.1. The zero-order chi connectivity index (χ0) is 22.4. The van der Waals surface area contributed by atoms with Crippen molar-refractivity contribution in [2.75, 3.05) is 26.9 Å². The molecule has 1 saturated heterocycles. The molecule has 2 aromatic carbocycles. The highest BCUT2D eigenvalue weighted by molar-refractivity contribution is 8.18. The van der Waals surface area contributed by atoms with Crippen molar-refractivity contribution in [3.63, 3.8) is 0 Å². The summed E-state index contributed by atoms with van der Waals surface area (Å²) in [5.41, 5.74) is 0.558. The Bertz CT molecular complexity index is 1060. The molecule has 1 fully saturated rings. The highest BCUT2D eigenvalue weighted by Crippen LogP contribution is 2.38. The van der Waals surface area contributed by atoms with Crippen LogP contribution in [-0.2, 0) is 4.79 Å². The minimum atomic E-state index is -0.444. The van der Waals surface area contributed by atoms with E-state index < -0.39 is 11.1 Å². The van der Waals surface area contributed by atoms with E-state index in [9.17, 15) is 14.0 Å². The molecular formula is C22H17ClFNO5S. The van der Waals surface area contributed by atoms with E-state index in [2.05, 4.69) is 5.92 Å². The number of amides is 2. The SMILES string of the molecule is C#CCOc1c(Cl)cc(/C=C2\SC(=O)N(CCOc3ccc(F)cc3)C2=O)cc1OC. The Morgan fingerprint density at radius 3 is 2.65 bits per heavy atom. The Kier molecular flexibility index (Phi) is 7.45. The summed E-state index contributed by atoms with van der Waals surface area (Å²) in [6, 6.07) is 8.68. The second kappa shape index (κ2) is 10.2. The van der Waals surface area contributed by atoms with E-state index in [0.29, 0.717) is 22.8 Å². The molecule has 2 aromatic rings. The number of nitrogens with zero attached hydrogens (tertiary/aromatic N) is 1. The van der Waals surface area contributed by atoms with Gasteiger partial charge in [-0.2, -0.15) is 0 Å². The molecule has 6 nitrogen and oxygen atoms in total. The minimum Gasteiger partial charge on any atom is -0.493 e. The number of halogens is 2. The molecular weight excluding hydrogens is 445 g/mol. The molecule has 31 heavy (non-hydrogen) atoms. The van der Waals surface area contributed by atoms with Crippen molar-refractivity contribution in [3.8, 4) is 29.6 Å². The molecule has 1 aliphatic heterocycles. The Hall–Kier alpha value is -3.15. The van der Waals surface area contributed by atoms with E-state index >= 15 is 0 Å². The maximum atomic E-state index is 12.9. The van der Waals surface area contributed by atoms with Crippen molar-refractivity contribution in [2.24, 2.45) is 0 Å².